The summed E-state index contributed by atoms with van der Waals surface area (Å²) in [5.41, 5.74) is 5.53. The van der Waals surface area contributed by atoms with Crippen molar-refractivity contribution in [3.05, 3.63) is 22.2 Å². The van der Waals surface area contributed by atoms with Crippen LogP contribution in [0.3, 0.4) is 0 Å². The topological polar surface area (TPSA) is 95.8 Å². The van der Waals surface area contributed by atoms with Crippen molar-refractivity contribution in [3.8, 4) is 0 Å². The molecule has 0 aliphatic heterocycles. The van der Waals surface area contributed by atoms with Gasteiger partial charge in [0.15, 0.2) is 0 Å². The SMILES string of the molecule is Cc1nn(CC(N)=O)c(=O)c2c1cnn2C(C)(C)C. The second kappa shape index (κ2) is 4.18. The molecule has 0 unspecified atom stereocenters. The lowest BCUT2D eigenvalue weighted by Gasteiger charge is -2.20. The molecule has 2 aromatic rings. The lowest BCUT2D eigenvalue weighted by atomic mass is 10.1. The van der Waals surface area contributed by atoms with Gasteiger partial charge in [0.05, 0.1) is 17.4 Å². The molecule has 1 amide bonds. The van der Waals surface area contributed by atoms with Gasteiger partial charge in [0.25, 0.3) is 5.56 Å². The van der Waals surface area contributed by atoms with Crippen LogP contribution in [0.1, 0.15) is 26.5 Å². The molecule has 7 heteroatoms. The van der Waals surface area contributed by atoms with Gasteiger partial charge in [-0.2, -0.15) is 10.2 Å². The normalized spacial score (nSPS) is 12.0. The van der Waals surface area contributed by atoms with Gasteiger partial charge in [0.1, 0.15) is 12.1 Å². The highest BCUT2D eigenvalue weighted by Gasteiger charge is 2.21. The van der Waals surface area contributed by atoms with E-state index in [0.717, 1.165) is 4.68 Å². The summed E-state index contributed by atoms with van der Waals surface area (Å²) in [6, 6.07) is 0. The summed E-state index contributed by atoms with van der Waals surface area (Å²) in [7, 11) is 0. The predicted octanol–water partition coefficient (Wildman–Crippen LogP) is 0.142. The number of carbonyl (C=O) groups is 1. The summed E-state index contributed by atoms with van der Waals surface area (Å²) >= 11 is 0. The number of nitrogens with two attached hydrogens (primary N) is 1. The molecular formula is C12H17N5O2. The molecule has 7 nitrogen and oxygen atoms in total. The van der Waals surface area contributed by atoms with Crippen LogP contribution in [0, 0.1) is 6.92 Å². The Morgan fingerprint density at radius 1 is 1.42 bits per heavy atom. The quantitative estimate of drug-likeness (QED) is 0.833. The van der Waals surface area contributed by atoms with E-state index in [2.05, 4.69) is 10.2 Å². The van der Waals surface area contributed by atoms with Crippen molar-refractivity contribution in [1.29, 1.82) is 0 Å². The zero-order chi connectivity index (χ0) is 14.4. The third kappa shape index (κ3) is 2.23. The van der Waals surface area contributed by atoms with Crippen molar-refractivity contribution in [2.75, 3.05) is 0 Å². The van der Waals surface area contributed by atoms with Crippen LogP contribution in [0.15, 0.2) is 11.0 Å². The number of aromatic nitrogens is 4. The van der Waals surface area contributed by atoms with Crippen molar-refractivity contribution >= 4 is 16.8 Å². The van der Waals surface area contributed by atoms with Gasteiger partial charge in [-0.05, 0) is 27.7 Å². The first-order chi connectivity index (χ1) is 8.71. The lowest BCUT2D eigenvalue weighted by Crippen LogP contribution is -2.33. The highest BCUT2D eigenvalue weighted by atomic mass is 16.2. The molecule has 2 aromatic heterocycles. The number of nitrogens with zero attached hydrogens (tertiary/aromatic N) is 4. The number of carbonyl (C=O) groups excluding carboxylic acids is 1. The Labute approximate surface area is 110 Å². The van der Waals surface area contributed by atoms with E-state index in [4.69, 9.17) is 5.73 Å². The van der Waals surface area contributed by atoms with Crippen LogP contribution in [0.2, 0.25) is 0 Å². The summed E-state index contributed by atoms with van der Waals surface area (Å²) in [4.78, 5) is 23.4. The number of rotatable bonds is 2. The molecule has 0 fully saturated rings. The fourth-order valence-electron chi connectivity index (χ4n) is 1.98. The summed E-state index contributed by atoms with van der Waals surface area (Å²) in [6.45, 7) is 7.39. The van der Waals surface area contributed by atoms with E-state index in [1.54, 1.807) is 17.8 Å². The number of fused-ring (bicyclic) bond motifs is 1. The molecule has 0 aliphatic rings. The number of hydrogen-bond acceptors (Lipinski definition) is 4. The van der Waals surface area contributed by atoms with Crippen molar-refractivity contribution in [3.63, 3.8) is 0 Å². The van der Waals surface area contributed by atoms with Crippen molar-refractivity contribution in [2.45, 2.75) is 39.8 Å². The largest absolute Gasteiger partial charge is 0.368 e. The molecule has 0 radical (unpaired) electrons. The predicted molar refractivity (Wildman–Crippen MR) is 70.7 cm³/mol. The fourth-order valence-corrected chi connectivity index (χ4v) is 1.98. The summed E-state index contributed by atoms with van der Waals surface area (Å²) in [5.74, 6) is -0.602. The van der Waals surface area contributed by atoms with Gasteiger partial charge in [-0.15, -0.1) is 0 Å². The van der Waals surface area contributed by atoms with Gasteiger partial charge >= 0.3 is 0 Å². The molecule has 0 atom stereocenters. The van der Waals surface area contributed by atoms with Crippen LogP contribution in [-0.4, -0.2) is 25.5 Å². The van der Waals surface area contributed by atoms with E-state index in [0.29, 0.717) is 16.6 Å². The van der Waals surface area contributed by atoms with Gasteiger partial charge < -0.3 is 5.73 Å². The van der Waals surface area contributed by atoms with Crippen molar-refractivity contribution < 1.29 is 4.79 Å². The Balaban J connectivity index is 2.82. The number of hydrogen-bond donors (Lipinski definition) is 1. The Kier molecular flexibility index (Phi) is 2.92. The molecule has 2 rings (SSSR count). The van der Waals surface area contributed by atoms with Crippen LogP contribution >= 0.6 is 0 Å². The monoisotopic (exact) mass is 263 g/mol. The van der Waals surface area contributed by atoms with E-state index < -0.39 is 5.91 Å². The summed E-state index contributed by atoms with van der Waals surface area (Å²) < 4.78 is 2.74. The second-order valence-electron chi connectivity index (χ2n) is 5.50. The third-order valence-electron chi connectivity index (χ3n) is 2.81. The second-order valence-corrected chi connectivity index (χ2v) is 5.50. The zero-order valence-electron chi connectivity index (χ0n) is 11.5. The number of amides is 1. The maximum atomic E-state index is 12.4. The van der Waals surface area contributed by atoms with Crippen molar-refractivity contribution in [1.82, 2.24) is 19.6 Å². The van der Waals surface area contributed by atoms with E-state index in [1.807, 2.05) is 20.8 Å². The average molecular weight is 263 g/mol. The molecular weight excluding hydrogens is 246 g/mol. The molecule has 102 valence electrons. The first kappa shape index (κ1) is 13.3. The molecule has 0 spiro atoms. The first-order valence-corrected chi connectivity index (χ1v) is 5.96. The third-order valence-corrected chi connectivity index (χ3v) is 2.81. The molecule has 0 aliphatic carbocycles. The Morgan fingerprint density at radius 3 is 2.58 bits per heavy atom. The Bertz CT molecular complexity index is 705. The number of aryl methyl sites for hydroxylation is 1. The highest BCUT2D eigenvalue weighted by Crippen LogP contribution is 2.20. The Hall–Kier alpha value is -2.18. The molecule has 0 saturated heterocycles. The maximum Gasteiger partial charge on any atom is 0.293 e. The molecule has 2 heterocycles. The Morgan fingerprint density at radius 2 is 2.05 bits per heavy atom. The molecule has 2 N–H and O–H groups in total. The minimum Gasteiger partial charge on any atom is -0.368 e. The van der Waals surface area contributed by atoms with E-state index in [1.165, 1.54) is 0 Å². The van der Waals surface area contributed by atoms with Gasteiger partial charge in [-0.1, -0.05) is 0 Å². The summed E-state index contributed by atoms with van der Waals surface area (Å²) in [6.07, 6.45) is 1.62. The van der Waals surface area contributed by atoms with E-state index >= 15 is 0 Å². The molecule has 0 saturated carbocycles. The number of primary amides is 1. The van der Waals surface area contributed by atoms with E-state index in [9.17, 15) is 9.59 Å². The maximum absolute atomic E-state index is 12.4. The van der Waals surface area contributed by atoms with E-state index in [-0.39, 0.29) is 17.6 Å². The lowest BCUT2D eigenvalue weighted by molar-refractivity contribution is -0.118. The smallest absolute Gasteiger partial charge is 0.293 e. The van der Waals surface area contributed by atoms with Crippen LogP contribution in [0.25, 0.3) is 10.9 Å². The van der Waals surface area contributed by atoms with Gasteiger partial charge in [-0.25, -0.2) is 4.68 Å². The first-order valence-electron chi connectivity index (χ1n) is 5.96. The average Bonchev–Trinajstić information content (AvgIpc) is 2.69. The minimum atomic E-state index is -0.602. The van der Waals surface area contributed by atoms with Crippen molar-refractivity contribution in [2.24, 2.45) is 5.73 Å². The van der Waals surface area contributed by atoms with Gasteiger partial charge in [0, 0.05) is 5.39 Å². The van der Waals surface area contributed by atoms with Crippen LogP contribution in [-0.2, 0) is 16.9 Å². The van der Waals surface area contributed by atoms with Crippen LogP contribution in [0.4, 0.5) is 0 Å². The van der Waals surface area contributed by atoms with Gasteiger partial charge in [0.2, 0.25) is 5.91 Å². The molecule has 0 aromatic carbocycles. The van der Waals surface area contributed by atoms with Crippen LogP contribution < -0.4 is 11.3 Å². The summed E-state index contributed by atoms with van der Waals surface area (Å²) in [5, 5.41) is 9.04. The fraction of sp³-hybridized carbons (Fsp3) is 0.500. The standard InChI is InChI=1S/C12H17N5O2/c1-7-8-5-14-17(12(2,3)4)10(8)11(19)16(15-7)6-9(13)18/h5H,6H2,1-4H3,(H2,13,18). The minimum absolute atomic E-state index is 0.231. The highest BCUT2D eigenvalue weighted by molar-refractivity contribution is 5.80. The molecule has 0 bridgehead atoms. The van der Waals surface area contributed by atoms with Crippen LogP contribution in [0.5, 0.6) is 0 Å². The zero-order valence-corrected chi connectivity index (χ0v) is 11.5. The molecule has 19 heavy (non-hydrogen) atoms. The van der Waals surface area contributed by atoms with Gasteiger partial charge in [-0.3, -0.25) is 14.3 Å².